The van der Waals surface area contributed by atoms with Crippen molar-refractivity contribution in [3.8, 4) is 0 Å². The lowest BCUT2D eigenvalue weighted by Gasteiger charge is -2.46. The summed E-state index contributed by atoms with van der Waals surface area (Å²) in [6, 6.07) is 19.3. The Morgan fingerprint density at radius 1 is 0.625 bits per heavy atom. The molecular formula is C20H22Br2N2. The highest BCUT2D eigenvalue weighted by Crippen LogP contribution is 2.37. The summed E-state index contributed by atoms with van der Waals surface area (Å²) in [6.07, 6.45) is 5.23. The Kier molecular flexibility index (Phi) is 5.09. The maximum atomic E-state index is 3.96. The second-order valence-corrected chi connectivity index (χ2v) is 8.72. The standard InChI is InChI=1S/C20H22Br2N2/c21-15-9-5-13(6-10-15)19-20(14-7-11-16(22)12-8-14)24-18-4-2-1-3-17(18)23-19/h5-12,17-20,23-24H,1-4H2/t17-,18-,19+,20+/m1/s1. The predicted molar refractivity (Wildman–Crippen MR) is 106 cm³/mol. The molecule has 0 spiro atoms. The molecule has 1 aliphatic heterocycles. The van der Waals surface area contributed by atoms with Gasteiger partial charge >= 0.3 is 0 Å². The molecule has 0 radical (unpaired) electrons. The maximum Gasteiger partial charge on any atom is 0.0521 e. The Morgan fingerprint density at radius 3 is 1.38 bits per heavy atom. The van der Waals surface area contributed by atoms with E-state index in [2.05, 4.69) is 91.0 Å². The molecule has 2 N–H and O–H groups in total. The second-order valence-electron chi connectivity index (χ2n) is 6.89. The minimum atomic E-state index is 0.304. The van der Waals surface area contributed by atoms with Crippen LogP contribution in [0.1, 0.15) is 48.9 Å². The molecule has 1 saturated heterocycles. The highest BCUT2D eigenvalue weighted by Gasteiger charge is 2.38. The minimum Gasteiger partial charge on any atom is -0.304 e. The van der Waals surface area contributed by atoms with Crippen LogP contribution in [0.25, 0.3) is 0 Å². The lowest BCUT2D eigenvalue weighted by molar-refractivity contribution is 0.168. The van der Waals surface area contributed by atoms with Crippen molar-refractivity contribution in [2.24, 2.45) is 0 Å². The lowest BCUT2D eigenvalue weighted by Crippen LogP contribution is -2.59. The quantitative estimate of drug-likeness (QED) is 0.632. The fraction of sp³-hybridized carbons (Fsp3) is 0.400. The van der Waals surface area contributed by atoms with Crippen LogP contribution in [0.3, 0.4) is 0 Å². The van der Waals surface area contributed by atoms with E-state index in [4.69, 9.17) is 0 Å². The first-order valence-corrected chi connectivity index (χ1v) is 10.3. The van der Waals surface area contributed by atoms with Crippen molar-refractivity contribution in [1.29, 1.82) is 0 Å². The molecule has 0 aromatic heterocycles. The number of benzene rings is 2. The van der Waals surface area contributed by atoms with E-state index in [9.17, 15) is 0 Å². The van der Waals surface area contributed by atoms with Crippen LogP contribution in [0.2, 0.25) is 0 Å². The number of hydrogen-bond donors (Lipinski definition) is 2. The largest absolute Gasteiger partial charge is 0.304 e. The summed E-state index contributed by atoms with van der Waals surface area (Å²) in [4.78, 5) is 0. The first-order valence-electron chi connectivity index (χ1n) is 8.74. The summed E-state index contributed by atoms with van der Waals surface area (Å²) in [5.74, 6) is 0. The molecule has 1 aliphatic carbocycles. The van der Waals surface area contributed by atoms with E-state index >= 15 is 0 Å². The average Bonchev–Trinajstić information content (AvgIpc) is 2.62. The second kappa shape index (κ2) is 7.28. The molecule has 2 aromatic carbocycles. The third-order valence-electron chi connectivity index (χ3n) is 5.34. The molecule has 0 bridgehead atoms. The fourth-order valence-corrected chi connectivity index (χ4v) is 4.63. The van der Waals surface area contributed by atoms with Crippen LogP contribution in [0.4, 0.5) is 0 Å². The fourth-order valence-electron chi connectivity index (χ4n) is 4.10. The monoisotopic (exact) mass is 448 g/mol. The van der Waals surface area contributed by atoms with Crippen molar-refractivity contribution in [3.05, 3.63) is 68.6 Å². The molecule has 4 heteroatoms. The van der Waals surface area contributed by atoms with Gasteiger partial charge in [-0.15, -0.1) is 0 Å². The molecule has 126 valence electrons. The zero-order chi connectivity index (χ0) is 16.5. The van der Waals surface area contributed by atoms with Gasteiger partial charge in [0.05, 0.1) is 12.1 Å². The molecule has 1 saturated carbocycles. The zero-order valence-electron chi connectivity index (χ0n) is 13.5. The van der Waals surface area contributed by atoms with Crippen LogP contribution < -0.4 is 10.6 Å². The first kappa shape index (κ1) is 16.8. The molecule has 0 unspecified atom stereocenters. The van der Waals surface area contributed by atoms with Gasteiger partial charge in [0.25, 0.3) is 0 Å². The normalized spacial score (nSPS) is 29.9. The van der Waals surface area contributed by atoms with E-state index in [-0.39, 0.29) is 0 Å². The maximum absolute atomic E-state index is 3.96. The number of hydrogen-bond acceptors (Lipinski definition) is 2. The van der Waals surface area contributed by atoms with Gasteiger partial charge < -0.3 is 10.6 Å². The van der Waals surface area contributed by atoms with E-state index < -0.39 is 0 Å². The van der Waals surface area contributed by atoms with Gasteiger partial charge in [-0.2, -0.15) is 0 Å². The predicted octanol–water partition coefficient (Wildman–Crippen LogP) is 5.50. The molecule has 2 fully saturated rings. The van der Waals surface area contributed by atoms with E-state index in [0.717, 1.165) is 8.95 Å². The van der Waals surface area contributed by atoms with Gasteiger partial charge in [-0.3, -0.25) is 0 Å². The molecule has 4 atom stereocenters. The number of rotatable bonds is 2. The zero-order valence-corrected chi connectivity index (χ0v) is 16.7. The molecule has 0 amide bonds. The molecule has 4 rings (SSSR count). The van der Waals surface area contributed by atoms with Crippen LogP contribution in [0.5, 0.6) is 0 Å². The van der Waals surface area contributed by atoms with Crippen molar-refractivity contribution < 1.29 is 0 Å². The van der Waals surface area contributed by atoms with Crippen molar-refractivity contribution >= 4 is 31.9 Å². The van der Waals surface area contributed by atoms with Gasteiger partial charge in [0, 0.05) is 21.0 Å². The van der Waals surface area contributed by atoms with Crippen LogP contribution in [0, 0.1) is 0 Å². The third kappa shape index (κ3) is 3.48. The lowest BCUT2D eigenvalue weighted by atomic mass is 9.82. The van der Waals surface area contributed by atoms with Gasteiger partial charge in [0.15, 0.2) is 0 Å². The SMILES string of the molecule is Brc1ccc([C@@H]2N[C@@H]3CCCC[C@H]3N[C@H]2c2ccc(Br)cc2)cc1. The van der Waals surface area contributed by atoms with Gasteiger partial charge in [-0.05, 0) is 48.2 Å². The summed E-state index contributed by atoms with van der Waals surface area (Å²) in [6.45, 7) is 0. The van der Waals surface area contributed by atoms with Crippen molar-refractivity contribution in [2.75, 3.05) is 0 Å². The van der Waals surface area contributed by atoms with E-state index in [1.807, 2.05) is 0 Å². The topological polar surface area (TPSA) is 24.1 Å². The number of halogens is 2. The van der Waals surface area contributed by atoms with Gasteiger partial charge in [0.1, 0.15) is 0 Å². The van der Waals surface area contributed by atoms with Crippen molar-refractivity contribution in [3.63, 3.8) is 0 Å². The summed E-state index contributed by atoms with van der Waals surface area (Å²) in [5, 5.41) is 7.93. The number of fused-ring (bicyclic) bond motifs is 1. The Morgan fingerprint density at radius 2 is 1.00 bits per heavy atom. The molecule has 1 heterocycles. The Bertz CT molecular complexity index is 622. The van der Waals surface area contributed by atoms with E-state index in [1.54, 1.807) is 0 Å². The van der Waals surface area contributed by atoms with Crippen LogP contribution in [-0.4, -0.2) is 12.1 Å². The summed E-state index contributed by atoms with van der Waals surface area (Å²) >= 11 is 7.10. The minimum absolute atomic E-state index is 0.304. The summed E-state index contributed by atoms with van der Waals surface area (Å²) in [5.41, 5.74) is 2.70. The first-order chi connectivity index (χ1) is 11.7. The smallest absolute Gasteiger partial charge is 0.0521 e. The van der Waals surface area contributed by atoms with Crippen molar-refractivity contribution in [1.82, 2.24) is 10.6 Å². The highest BCUT2D eigenvalue weighted by molar-refractivity contribution is 9.10. The number of piperazine rings is 1. The molecule has 2 aromatic rings. The molecular weight excluding hydrogens is 428 g/mol. The van der Waals surface area contributed by atoms with Gasteiger partial charge in [-0.1, -0.05) is 69.0 Å². The van der Waals surface area contributed by atoms with Gasteiger partial charge in [0.2, 0.25) is 0 Å². The molecule has 2 nitrogen and oxygen atoms in total. The van der Waals surface area contributed by atoms with Crippen LogP contribution >= 0.6 is 31.9 Å². The highest BCUT2D eigenvalue weighted by atomic mass is 79.9. The molecule has 2 aliphatic rings. The molecule has 24 heavy (non-hydrogen) atoms. The van der Waals surface area contributed by atoms with Gasteiger partial charge in [-0.25, -0.2) is 0 Å². The Balaban J connectivity index is 1.68. The summed E-state index contributed by atoms with van der Waals surface area (Å²) < 4.78 is 2.26. The van der Waals surface area contributed by atoms with Crippen molar-refractivity contribution in [2.45, 2.75) is 49.9 Å². The van der Waals surface area contributed by atoms with Crippen LogP contribution in [0.15, 0.2) is 57.5 Å². The number of nitrogens with one attached hydrogen (secondary N) is 2. The van der Waals surface area contributed by atoms with Crippen LogP contribution in [-0.2, 0) is 0 Å². The summed E-state index contributed by atoms with van der Waals surface area (Å²) in [7, 11) is 0. The Hall–Kier alpha value is -0.680. The third-order valence-corrected chi connectivity index (χ3v) is 6.40. The Labute approximate surface area is 160 Å². The van der Waals surface area contributed by atoms with E-state index in [1.165, 1.54) is 36.8 Å². The average molecular weight is 450 g/mol. The van der Waals surface area contributed by atoms with E-state index in [0.29, 0.717) is 24.2 Å².